The normalized spacial score (nSPS) is 14.8. The Morgan fingerprint density at radius 1 is 0.636 bits per heavy atom. The van der Waals surface area contributed by atoms with E-state index in [2.05, 4.69) is 12.2 Å². The minimum atomic E-state index is -2.12. The minimum absolute atomic E-state index is 0.0688. The van der Waals surface area contributed by atoms with Crippen LogP contribution in [0.2, 0.25) is 0 Å². The van der Waals surface area contributed by atoms with Crippen molar-refractivity contribution >= 4 is 5.91 Å². The molecule has 0 saturated heterocycles. The Labute approximate surface area is 344 Å². The number of rotatable bonds is 33. The fraction of sp³-hybridized carbons (Fsp3) is 0.588. The molecular formula is C51H77NO3. The summed E-state index contributed by atoms with van der Waals surface area (Å²) in [4.78, 5) is 13.7. The Bertz CT molecular complexity index is 1450. The number of aliphatic hydroxyl groups is 1. The van der Waals surface area contributed by atoms with E-state index in [-0.39, 0.29) is 19.4 Å². The number of hydrogen-bond acceptors (Lipinski definition) is 3. The molecule has 2 N–H and O–H groups in total. The van der Waals surface area contributed by atoms with Gasteiger partial charge in [-0.3, -0.25) is 4.79 Å². The Morgan fingerprint density at radius 3 is 1.47 bits per heavy atom. The maximum absolute atomic E-state index is 13.7. The van der Waals surface area contributed by atoms with Gasteiger partial charge >= 0.3 is 0 Å². The first-order chi connectivity index (χ1) is 29.0. The SMILES string of the molecule is [2H]C([2H])([2H])CCCCCCCCCCCC([2H])([2H])C(=O)N[C@@H](COC(c1ccccc1)(c1ccccc1)c1ccccc1)[C@H](O)/C=C/CCCCCCCCCCCCC. The second kappa shape index (κ2) is 30.0. The molecule has 3 rings (SSSR count). The van der Waals surface area contributed by atoms with E-state index in [4.69, 9.17) is 11.6 Å². The Balaban J connectivity index is 1.65. The van der Waals surface area contributed by atoms with Crippen LogP contribution in [-0.2, 0) is 15.1 Å². The predicted octanol–water partition coefficient (Wildman–Crippen LogP) is 13.8. The number of benzene rings is 3. The summed E-state index contributed by atoms with van der Waals surface area (Å²) in [6, 6.07) is 29.0. The molecule has 304 valence electrons. The highest BCUT2D eigenvalue weighted by molar-refractivity contribution is 5.76. The quantitative estimate of drug-likeness (QED) is 0.0370. The van der Waals surface area contributed by atoms with Gasteiger partial charge in [-0.15, -0.1) is 0 Å². The number of unbranched alkanes of at least 4 members (excludes halogenated alkanes) is 19. The number of carbonyl (C=O) groups excluding carboxylic acids is 1. The summed E-state index contributed by atoms with van der Waals surface area (Å²) in [5.41, 5.74) is 1.64. The van der Waals surface area contributed by atoms with Crippen molar-refractivity contribution in [3.8, 4) is 0 Å². The molecule has 0 bridgehead atoms. The van der Waals surface area contributed by atoms with Crippen molar-refractivity contribution in [1.82, 2.24) is 5.32 Å². The van der Waals surface area contributed by atoms with Gasteiger partial charge in [-0.25, -0.2) is 0 Å². The molecule has 55 heavy (non-hydrogen) atoms. The van der Waals surface area contributed by atoms with Crippen molar-refractivity contribution in [2.75, 3.05) is 6.61 Å². The third kappa shape index (κ3) is 18.5. The van der Waals surface area contributed by atoms with Gasteiger partial charge in [0, 0.05) is 13.2 Å². The van der Waals surface area contributed by atoms with Crippen LogP contribution >= 0.6 is 0 Å². The number of carbonyl (C=O) groups is 1. The maximum atomic E-state index is 13.7. The fourth-order valence-corrected chi connectivity index (χ4v) is 7.41. The number of ether oxygens (including phenoxy) is 1. The van der Waals surface area contributed by atoms with Crippen molar-refractivity contribution in [2.24, 2.45) is 0 Å². The van der Waals surface area contributed by atoms with Crippen LogP contribution in [0.4, 0.5) is 0 Å². The van der Waals surface area contributed by atoms with Gasteiger partial charge in [0.2, 0.25) is 5.91 Å². The summed E-state index contributed by atoms with van der Waals surface area (Å²) in [5, 5.41) is 14.6. The zero-order valence-electron chi connectivity index (χ0n) is 39.2. The molecule has 1 amide bonds. The van der Waals surface area contributed by atoms with Crippen LogP contribution in [0.25, 0.3) is 0 Å². The highest BCUT2D eigenvalue weighted by atomic mass is 16.5. The van der Waals surface area contributed by atoms with Gasteiger partial charge < -0.3 is 15.2 Å². The molecule has 0 unspecified atom stereocenters. The summed E-state index contributed by atoms with van der Waals surface area (Å²) in [5.74, 6) is -0.740. The van der Waals surface area contributed by atoms with Crippen LogP contribution in [0, 0.1) is 0 Å². The smallest absolute Gasteiger partial charge is 0.220 e. The lowest BCUT2D eigenvalue weighted by molar-refractivity contribution is -0.123. The third-order valence-electron chi connectivity index (χ3n) is 10.7. The molecule has 4 heteroatoms. The van der Waals surface area contributed by atoms with E-state index in [9.17, 15) is 9.90 Å². The van der Waals surface area contributed by atoms with Gasteiger partial charge in [0.15, 0.2) is 0 Å². The first kappa shape index (κ1) is 38.7. The standard InChI is InChI=1S/C51H77NO3/c1-3-5-7-9-11-13-15-16-18-19-21-23-34-42-49(53)48(52-50(54)43-35-24-22-20-17-14-12-10-8-6-4-2)44-55-51(45-36-28-25-29-37-45,46-38-30-26-31-39-46)47-40-32-27-33-41-47/h25-34,36-42,48-49,53H,3-24,35,43-44H2,1-2H3,(H,52,54)/b42-34+/t48-,49+/m0/s1/i2D3,43D2. The largest absolute Gasteiger partial charge is 0.387 e. The lowest BCUT2D eigenvalue weighted by Crippen LogP contribution is -2.48. The van der Waals surface area contributed by atoms with E-state index in [0.717, 1.165) is 87.3 Å². The van der Waals surface area contributed by atoms with Crippen LogP contribution in [0.1, 0.15) is 191 Å². The maximum Gasteiger partial charge on any atom is 0.220 e. The number of nitrogens with one attached hydrogen (secondary N) is 1. The van der Waals surface area contributed by atoms with Crippen molar-refractivity contribution in [3.63, 3.8) is 0 Å². The molecule has 0 aliphatic carbocycles. The van der Waals surface area contributed by atoms with Crippen molar-refractivity contribution in [2.45, 2.75) is 186 Å². The topological polar surface area (TPSA) is 58.6 Å². The summed E-state index contributed by atoms with van der Waals surface area (Å²) in [6.07, 6.45) is 23.9. The molecule has 3 aromatic carbocycles. The molecular weight excluding hydrogens is 675 g/mol. The van der Waals surface area contributed by atoms with Gasteiger partial charge in [-0.05, 0) is 36.0 Å². The second-order valence-electron chi connectivity index (χ2n) is 15.3. The molecule has 0 aromatic heterocycles. The van der Waals surface area contributed by atoms with Crippen LogP contribution in [0.15, 0.2) is 103 Å². The van der Waals surface area contributed by atoms with Gasteiger partial charge in [-0.2, -0.15) is 0 Å². The molecule has 0 spiro atoms. The Hall–Kier alpha value is -3.21. The lowest BCUT2D eigenvalue weighted by Gasteiger charge is -2.37. The molecule has 0 aliphatic heterocycles. The van der Waals surface area contributed by atoms with Gasteiger partial charge in [0.25, 0.3) is 0 Å². The first-order valence-corrected chi connectivity index (χ1v) is 22.0. The predicted molar refractivity (Wildman–Crippen MR) is 234 cm³/mol. The van der Waals surface area contributed by atoms with Crippen LogP contribution in [0.3, 0.4) is 0 Å². The average Bonchev–Trinajstić information content (AvgIpc) is 3.24. The van der Waals surface area contributed by atoms with Crippen molar-refractivity contribution < 1.29 is 21.5 Å². The average molecular weight is 757 g/mol. The highest BCUT2D eigenvalue weighted by Crippen LogP contribution is 2.40. The summed E-state index contributed by atoms with van der Waals surface area (Å²) < 4.78 is 46.6. The Morgan fingerprint density at radius 2 is 1.04 bits per heavy atom. The third-order valence-corrected chi connectivity index (χ3v) is 10.7. The van der Waals surface area contributed by atoms with Crippen molar-refractivity contribution in [1.29, 1.82) is 0 Å². The minimum Gasteiger partial charge on any atom is -0.387 e. The summed E-state index contributed by atoms with van der Waals surface area (Å²) in [7, 11) is 0. The van der Waals surface area contributed by atoms with E-state index in [1.165, 1.54) is 57.8 Å². The van der Waals surface area contributed by atoms with E-state index in [0.29, 0.717) is 6.42 Å². The zero-order valence-corrected chi connectivity index (χ0v) is 34.2. The molecule has 0 fully saturated rings. The number of hydrogen-bond donors (Lipinski definition) is 2. The Kier molecular flexibility index (Phi) is 21.1. The zero-order chi connectivity index (χ0) is 43.4. The second-order valence-corrected chi connectivity index (χ2v) is 15.3. The fourth-order valence-electron chi connectivity index (χ4n) is 7.41. The molecule has 2 atom stereocenters. The summed E-state index contributed by atoms with van der Waals surface area (Å²) >= 11 is 0. The molecule has 0 saturated carbocycles. The van der Waals surface area contributed by atoms with Crippen LogP contribution in [0.5, 0.6) is 0 Å². The highest BCUT2D eigenvalue weighted by Gasteiger charge is 2.38. The van der Waals surface area contributed by atoms with E-state index in [1.54, 1.807) is 6.08 Å². The van der Waals surface area contributed by atoms with E-state index < -0.39 is 36.9 Å². The monoisotopic (exact) mass is 757 g/mol. The van der Waals surface area contributed by atoms with Gasteiger partial charge in [0.1, 0.15) is 5.60 Å². The van der Waals surface area contributed by atoms with E-state index >= 15 is 0 Å². The number of aliphatic hydroxyl groups excluding tert-OH is 1. The molecule has 0 radical (unpaired) electrons. The van der Waals surface area contributed by atoms with Gasteiger partial charge in [-0.1, -0.05) is 245 Å². The molecule has 4 nitrogen and oxygen atoms in total. The number of allylic oxidation sites excluding steroid dienone is 1. The first-order valence-electron chi connectivity index (χ1n) is 24.5. The molecule has 0 heterocycles. The van der Waals surface area contributed by atoms with Crippen molar-refractivity contribution in [3.05, 3.63) is 120 Å². The number of amides is 1. The summed E-state index contributed by atoms with van der Waals surface area (Å²) in [6.45, 7) is 0.350. The molecule has 3 aromatic rings. The molecule has 0 aliphatic rings. The van der Waals surface area contributed by atoms with Gasteiger partial charge in [0.05, 0.1) is 18.8 Å². The van der Waals surface area contributed by atoms with E-state index in [1.807, 2.05) is 97.1 Å². The lowest BCUT2D eigenvalue weighted by atomic mass is 9.80. The van der Waals surface area contributed by atoms with Crippen LogP contribution < -0.4 is 5.32 Å². The van der Waals surface area contributed by atoms with Crippen LogP contribution in [-0.4, -0.2) is 29.8 Å².